The summed E-state index contributed by atoms with van der Waals surface area (Å²) in [6, 6.07) is 5.17. The van der Waals surface area contributed by atoms with E-state index in [1.165, 1.54) is 31.3 Å². The average molecular weight is 355 g/mol. The van der Waals surface area contributed by atoms with Crippen LogP contribution in [-0.4, -0.2) is 73.7 Å². The number of carboxylic acids is 1. The third-order valence-corrected chi connectivity index (χ3v) is 5.32. The highest BCUT2D eigenvalue weighted by Crippen LogP contribution is 2.17. The standard InChI is InChI=1S/C14H17N3O6S/c1-16(9-13(19)20)14(21)10-2-4-11(5-3-10)24(22,23)17-7-6-15-12(18)8-17/h2-5H,6-9H2,1H3,(H,15,18)(H,19,20). The Morgan fingerprint density at radius 3 is 2.46 bits per heavy atom. The van der Waals surface area contributed by atoms with Gasteiger partial charge in [-0.05, 0) is 24.3 Å². The Labute approximate surface area is 138 Å². The number of benzene rings is 1. The molecule has 0 unspecified atom stereocenters. The maximum absolute atomic E-state index is 12.5. The van der Waals surface area contributed by atoms with Crippen LogP contribution in [0, 0.1) is 0 Å². The summed E-state index contributed by atoms with van der Waals surface area (Å²) in [5.41, 5.74) is 0.175. The van der Waals surface area contributed by atoms with Crippen LogP contribution in [0.15, 0.2) is 29.2 Å². The predicted molar refractivity (Wildman–Crippen MR) is 82.8 cm³/mol. The van der Waals surface area contributed by atoms with Gasteiger partial charge in [0, 0.05) is 25.7 Å². The van der Waals surface area contributed by atoms with Gasteiger partial charge in [-0.15, -0.1) is 0 Å². The van der Waals surface area contributed by atoms with Gasteiger partial charge in [-0.1, -0.05) is 0 Å². The molecule has 2 N–H and O–H groups in total. The first-order valence-electron chi connectivity index (χ1n) is 7.06. The molecule has 0 aliphatic carbocycles. The van der Waals surface area contributed by atoms with Crippen LogP contribution in [0.4, 0.5) is 0 Å². The molecule has 1 heterocycles. The highest BCUT2D eigenvalue weighted by atomic mass is 32.2. The highest BCUT2D eigenvalue weighted by Gasteiger charge is 2.29. The normalized spacial score (nSPS) is 15.6. The van der Waals surface area contributed by atoms with Gasteiger partial charge >= 0.3 is 5.97 Å². The molecule has 2 rings (SSSR count). The van der Waals surface area contributed by atoms with Crippen molar-refractivity contribution in [3.8, 4) is 0 Å². The molecule has 24 heavy (non-hydrogen) atoms. The first-order valence-corrected chi connectivity index (χ1v) is 8.50. The van der Waals surface area contributed by atoms with Gasteiger partial charge in [-0.25, -0.2) is 8.42 Å². The molecule has 10 heteroatoms. The quantitative estimate of drug-likeness (QED) is 0.695. The van der Waals surface area contributed by atoms with E-state index in [4.69, 9.17) is 5.11 Å². The Kier molecular flexibility index (Phi) is 5.20. The fraction of sp³-hybridized carbons (Fsp3) is 0.357. The zero-order chi connectivity index (χ0) is 17.9. The lowest BCUT2D eigenvalue weighted by molar-refractivity contribution is -0.137. The average Bonchev–Trinajstić information content (AvgIpc) is 2.53. The Balaban J connectivity index is 2.18. The van der Waals surface area contributed by atoms with Crippen molar-refractivity contribution in [3.05, 3.63) is 29.8 Å². The molecule has 0 aromatic heterocycles. The molecular weight excluding hydrogens is 338 g/mol. The number of nitrogens with one attached hydrogen (secondary N) is 1. The minimum absolute atomic E-state index is 0.0327. The van der Waals surface area contributed by atoms with Gasteiger partial charge in [0.1, 0.15) is 6.54 Å². The molecule has 1 aromatic carbocycles. The van der Waals surface area contributed by atoms with Crippen molar-refractivity contribution in [1.29, 1.82) is 0 Å². The summed E-state index contributed by atoms with van der Waals surface area (Å²) in [6.07, 6.45) is 0. The Hall–Kier alpha value is -2.46. The summed E-state index contributed by atoms with van der Waals surface area (Å²) in [5.74, 6) is -2.04. The maximum atomic E-state index is 12.5. The van der Waals surface area contributed by atoms with Crippen LogP contribution in [0.25, 0.3) is 0 Å². The van der Waals surface area contributed by atoms with Crippen LogP contribution in [0.1, 0.15) is 10.4 Å². The van der Waals surface area contributed by atoms with Crippen LogP contribution >= 0.6 is 0 Å². The molecule has 1 aromatic rings. The van der Waals surface area contributed by atoms with Gasteiger partial charge in [-0.3, -0.25) is 14.4 Å². The van der Waals surface area contributed by atoms with E-state index in [-0.39, 0.29) is 36.0 Å². The molecule has 130 valence electrons. The number of hydrogen-bond acceptors (Lipinski definition) is 5. The van der Waals surface area contributed by atoms with Crippen molar-refractivity contribution in [1.82, 2.24) is 14.5 Å². The van der Waals surface area contributed by atoms with Crippen molar-refractivity contribution in [2.45, 2.75) is 4.90 Å². The van der Waals surface area contributed by atoms with Gasteiger partial charge in [0.05, 0.1) is 11.4 Å². The molecule has 0 atom stereocenters. The Bertz CT molecular complexity index is 759. The SMILES string of the molecule is CN(CC(=O)O)C(=O)c1ccc(S(=O)(=O)N2CCNC(=O)C2)cc1. The largest absolute Gasteiger partial charge is 0.480 e. The number of carboxylic acid groups (broad SMARTS) is 1. The molecule has 9 nitrogen and oxygen atoms in total. The van der Waals surface area contributed by atoms with Crippen molar-refractivity contribution in [3.63, 3.8) is 0 Å². The second-order valence-electron chi connectivity index (χ2n) is 5.27. The summed E-state index contributed by atoms with van der Waals surface area (Å²) in [7, 11) is -2.48. The second-order valence-corrected chi connectivity index (χ2v) is 7.21. The number of likely N-dealkylation sites (N-methyl/N-ethyl adjacent to an activating group) is 1. The first kappa shape index (κ1) is 17.9. The van der Waals surface area contributed by atoms with E-state index in [2.05, 4.69) is 5.32 Å². The molecule has 1 saturated heterocycles. The number of rotatable bonds is 5. The number of carbonyl (C=O) groups is 3. The molecule has 2 amide bonds. The van der Waals surface area contributed by atoms with E-state index in [0.717, 1.165) is 9.21 Å². The predicted octanol–water partition coefficient (Wildman–Crippen LogP) is -1.04. The minimum atomic E-state index is -3.82. The zero-order valence-corrected chi connectivity index (χ0v) is 13.7. The molecule has 1 aliphatic heterocycles. The molecule has 0 spiro atoms. The number of sulfonamides is 1. The van der Waals surface area contributed by atoms with E-state index < -0.39 is 28.4 Å². The fourth-order valence-electron chi connectivity index (χ4n) is 2.23. The van der Waals surface area contributed by atoms with Gasteiger partial charge in [0.2, 0.25) is 15.9 Å². The van der Waals surface area contributed by atoms with Crippen LogP contribution in [0.5, 0.6) is 0 Å². The van der Waals surface area contributed by atoms with Crippen molar-refractivity contribution in [2.24, 2.45) is 0 Å². The number of piperazine rings is 1. The number of nitrogens with zero attached hydrogens (tertiary/aromatic N) is 2. The molecule has 1 fully saturated rings. The van der Waals surface area contributed by atoms with Gasteiger partial charge in [0.15, 0.2) is 0 Å². The van der Waals surface area contributed by atoms with E-state index in [9.17, 15) is 22.8 Å². The van der Waals surface area contributed by atoms with Crippen LogP contribution < -0.4 is 5.32 Å². The molecule has 0 bridgehead atoms. The fourth-order valence-corrected chi connectivity index (χ4v) is 3.63. The van der Waals surface area contributed by atoms with E-state index in [1.807, 2.05) is 0 Å². The van der Waals surface area contributed by atoms with E-state index in [0.29, 0.717) is 0 Å². The van der Waals surface area contributed by atoms with Crippen LogP contribution in [0.2, 0.25) is 0 Å². The lowest BCUT2D eigenvalue weighted by atomic mass is 10.2. The second kappa shape index (κ2) is 6.97. The molecule has 0 radical (unpaired) electrons. The molecular formula is C14H17N3O6S. The summed E-state index contributed by atoms with van der Waals surface area (Å²) in [6.45, 7) is -0.281. The number of carbonyl (C=O) groups excluding carboxylic acids is 2. The van der Waals surface area contributed by atoms with Gasteiger partial charge < -0.3 is 15.3 Å². The van der Waals surface area contributed by atoms with Crippen LogP contribution in [-0.2, 0) is 19.6 Å². The third kappa shape index (κ3) is 3.89. The van der Waals surface area contributed by atoms with Crippen molar-refractivity contribution < 1.29 is 27.9 Å². The van der Waals surface area contributed by atoms with Gasteiger partial charge in [0.25, 0.3) is 5.91 Å². The van der Waals surface area contributed by atoms with Crippen LogP contribution in [0.3, 0.4) is 0 Å². The minimum Gasteiger partial charge on any atom is -0.480 e. The highest BCUT2D eigenvalue weighted by molar-refractivity contribution is 7.89. The maximum Gasteiger partial charge on any atom is 0.323 e. The number of hydrogen-bond donors (Lipinski definition) is 2. The molecule has 1 aliphatic rings. The Morgan fingerprint density at radius 1 is 1.29 bits per heavy atom. The third-order valence-electron chi connectivity index (χ3n) is 3.46. The monoisotopic (exact) mass is 355 g/mol. The summed E-state index contributed by atoms with van der Waals surface area (Å²) >= 11 is 0. The Morgan fingerprint density at radius 2 is 1.92 bits per heavy atom. The van der Waals surface area contributed by atoms with Crippen molar-refractivity contribution >= 4 is 27.8 Å². The van der Waals surface area contributed by atoms with Crippen molar-refractivity contribution in [2.75, 3.05) is 33.2 Å². The number of amides is 2. The lowest BCUT2D eigenvalue weighted by Crippen LogP contribution is -2.49. The zero-order valence-electron chi connectivity index (χ0n) is 12.9. The molecule has 0 saturated carbocycles. The topological polar surface area (TPSA) is 124 Å². The summed E-state index contributed by atoms with van der Waals surface area (Å²) in [4.78, 5) is 35.0. The smallest absolute Gasteiger partial charge is 0.323 e. The summed E-state index contributed by atoms with van der Waals surface area (Å²) < 4.78 is 26.0. The van der Waals surface area contributed by atoms with Gasteiger partial charge in [-0.2, -0.15) is 4.31 Å². The van der Waals surface area contributed by atoms with E-state index in [1.54, 1.807) is 0 Å². The lowest BCUT2D eigenvalue weighted by Gasteiger charge is -2.26. The summed E-state index contributed by atoms with van der Waals surface area (Å²) in [5, 5.41) is 11.2. The number of aliphatic carboxylic acids is 1. The first-order chi connectivity index (χ1) is 11.2. The van der Waals surface area contributed by atoms with E-state index >= 15 is 0 Å².